The van der Waals surface area contributed by atoms with Crippen molar-refractivity contribution in [3.05, 3.63) is 0 Å². The molecule has 0 fully saturated rings. The molecule has 0 aliphatic carbocycles. The van der Waals surface area contributed by atoms with Gasteiger partial charge in [0.2, 0.25) is 0 Å². The summed E-state index contributed by atoms with van der Waals surface area (Å²) in [5.74, 6) is 0. The molecule has 0 saturated heterocycles. The van der Waals surface area contributed by atoms with E-state index in [0.29, 0.717) is 6.54 Å². The van der Waals surface area contributed by atoms with Gasteiger partial charge in [0.1, 0.15) is 0 Å². The monoisotopic (exact) mass is 113 g/mol. The highest BCUT2D eigenvalue weighted by Crippen LogP contribution is 1.97. The molecule has 0 N–H and O–H groups in total. The summed E-state index contributed by atoms with van der Waals surface area (Å²) >= 11 is 0. The minimum atomic E-state index is -0.382. The predicted molar refractivity (Wildman–Crippen MR) is 24.8 cm³/mol. The van der Waals surface area contributed by atoms with Crippen molar-refractivity contribution < 1.29 is 4.79 Å². The number of hydrogen-bond acceptors (Lipinski definition) is 3. The fourth-order valence-corrected chi connectivity index (χ4v) is 0.395. The number of carbonyl (C=O) groups excluding carboxylic acids is 1. The molecule has 1 radical (unpaired) electrons. The number of hydrogen-bond donors (Lipinski definition) is 0. The summed E-state index contributed by atoms with van der Waals surface area (Å²) in [6, 6.07) is -0.382. The van der Waals surface area contributed by atoms with Gasteiger partial charge in [0.15, 0.2) is 0 Å². The van der Waals surface area contributed by atoms with Crippen LogP contribution in [-0.2, 0) is 0 Å². The van der Waals surface area contributed by atoms with E-state index in [-0.39, 0.29) is 6.03 Å². The first kappa shape index (κ1) is 5.02. The van der Waals surface area contributed by atoms with Gasteiger partial charge in [0.25, 0.3) is 0 Å². The van der Waals surface area contributed by atoms with Crippen LogP contribution in [0.2, 0.25) is 0 Å². The third kappa shape index (κ3) is 0.617. The van der Waals surface area contributed by atoms with Gasteiger partial charge in [0.05, 0.1) is 0 Å². The summed E-state index contributed by atoms with van der Waals surface area (Å²) in [6.45, 7) is 2.34. The van der Waals surface area contributed by atoms with Crippen molar-refractivity contribution in [1.82, 2.24) is 10.4 Å². The standard InChI is InChI=1S/C3H5N4O/c1-2-7-3(8)4-5-6-7/h2H2,1H3. The average molecular weight is 113 g/mol. The van der Waals surface area contributed by atoms with Gasteiger partial charge in [0, 0.05) is 6.54 Å². The van der Waals surface area contributed by atoms with Crippen LogP contribution in [0.4, 0.5) is 4.79 Å². The van der Waals surface area contributed by atoms with Crippen LogP contribution in [0.15, 0.2) is 10.4 Å². The van der Waals surface area contributed by atoms with E-state index in [2.05, 4.69) is 15.9 Å². The minimum absolute atomic E-state index is 0.382. The zero-order valence-corrected chi connectivity index (χ0v) is 4.40. The second kappa shape index (κ2) is 1.77. The molecule has 0 saturated carbocycles. The normalized spacial score (nSPS) is 17.1. The van der Waals surface area contributed by atoms with Crippen LogP contribution >= 0.6 is 0 Å². The Morgan fingerprint density at radius 3 is 2.75 bits per heavy atom. The van der Waals surface area contributed by atoms with Gasteiger partial charge in [-0.15, -0.1) is 0 Å². The zero-order valence-electron chi connectivity index (χ0n) is 4.40. The zero-order chi connectivity index (χ0) is 5.98. The van der Waals surface area contributed by atoms with Gasteiger partial charge in [-0.3, -0.25) is 0 Å². The summed E-state index contributed by atoms with van der Waals surface area (Å²) < 4.78 is 0. The third-order valence-electron chi connectivity index (χ3n) is 0.799. The number of urea groups is 1. The first-order valence-corrected chi connectivity index (χ1v) is 2.27. The van der Waals surface area contributed by atoms with Crippen molar-refractivity contribution in [3.8, 4) is 0 Å². The lowest BCUT2D eigenvalue weighted by atomic mass is 10.7. The lowest BCUT2D eigenvalue weighted by molar-refractivity contribution is 0.213. The summed E-state index contributed by atoms with van der Waals surface area (Å²) in [4.78, 5) is 10.4. The molecule has 2 amide bonds. The second-order valence-corrected chi connectivity index (χ2v) is 1.28. The largest absolute Gasteiger partial charge is 0.385 e. The van der Waals surface area contributed by atoms with E-state index in [1.807, 2.05) is 0 Å². The molecule has 0 unspecified atom stereocenters. The highest BCUT2D eigenvalue weighted by molar-refractivity contribution is 5.73. The van der Waals surface area contributed by atoms with Crippen molar-refractivity contribution in [2.45, 2.75) is 6.92 Å². The Bertz CT molecular complexity index is 131. The molecule has 1 aliphatic heterocycles. The maximum Gasteiger partial charge on any atom is 0.385 e. The second-order valence-electron chi connectivity index (χ2n) is 1.28. The number of carbonyl (C=O) groups is 1. The van der Waals surface area contributed by atoms with Gasteiger partial charge in [-0.25, -0.2) is 4.79 Å². The molecule has 0 aromatic rings. The molecule has 0 aromatic heterocycles. The van der Waals surface area contributed by atoms with E-state index in [1.165, 1.54) is 5.01 Å². The fourth-order valence-electron chi connectivity index (χ4n) is 0.395. The van der Waals surface area contributed by atoms with Crippen LogP contribution in [0, 0.1) is 0 Å². The van der Waals surface area contributed by atoms with Gasteiger partial charge < -0.3 is 0 Å². The Kier molecular flexibility index (Phi) is 1.11. The fraction of sp³-hybridized carbons (Fsp3) is 0.667. The SMILES string of the molecule is CCN1N=N[N]C1=O. The Labute approximate surface area is 46.3 Å². The van der Waals surface area contributed by atoms with Gasteiger partial charge >= 0.3 is 6.03 Å². The molecule has 5 heteroatoms. The smallest absolute Gasteiger partial charge is 0.242 e. The van der Waals surface area contributed by atoms with E-state index < -0.39 is 0 Å². The molecular weight excluding hydrogens is 108 g/mol. The lowest BCUT2D eigenvalue weighted by Gasteiger charge is -1.99. The van der Waals surface area contributed by atoms with Crippen molar-refractivity contribution in [3.63, 3.8) is 0 Å². The minimum Gasteiger partial charge on any atom is -0.242 e. The Morgan fingerprint density at radius 2 is 2.50 bits per heavy atom. The molecule has 0 spiro atoms. The van der Waals surface area contributed by atoms with Gasteiger partial charge in [-0.2, -0.15) is 5.01 Å². The first-order valence-electron chi connectivity index (χ1n) is 2.27. The quantitative estimate of drug-likeness (QED) is 0.483. The molecule has 0 bridgehead atoms. The molecular formula is C3H5N4O. The van der Waals surface area contributed by atoms with Crippen LogP contribution in [-0.4, -0.2) is 17.6 Å². The highest BCUT2D eigenvalue weighted by atomic mass is 16.2. The number of rotatable bonds is 1. The van der Waals surface area contributed by atoms with E-state index in [1.54, 1.807) is 6.92 Å². The van der Waals surface area contributed by atoms with Crippen molar-refractivity contribution in [1.29, 1.82) is 0 Å². The molecule has 8 heavy (non-hydrogen) atoms. The lowest BCUT2D eigenvalue weighted by Crippen LogP contribution is -2.22. The van der Waals surface area contributed by atoms with Crippen LogP contribution in [0.3, 0.4) is 0 Å². The summed E-state index contributed by atoms with van der Waals surface area (Å²) in [6.07, 6.45) is 0. The number of amides is 2. The molecule has 0 aromatic carbocycles. The molecule has 43 valence electrons. The molecule has 1 heterocycles. The first-order chi connectivity index (χ1) is 3.84. The van der Waals surface area contributed by atoms with Crippen LogP contribution in [0.25, 0.3) is 0 Å². The topological polar surface area (TPSA) is 59.1 Å². The molecule has 0 atom stereocenters. The van der Waals surface area contributed by atoms with Gasteiger partial charge in [-0.05, 0) is 17.4 Å². The summed E-state index contributed by atoms with van der Waals surface area (Å²) in [7, 11) is 0. The maximum absolute atomic E-state index is 10.4. The molecule has 1 aliphatic rings. The average Bonchev–Trinajstić information content (AvgIpc) is 2.14. The Morgan fingerprint density at radius 1 is 1.75 bits per heavy atom. The molecule has 5 nitrogen and oxygen atoms in total. The summed E-state index contributed by atoms with van der Waals surface area (Å²) in [5.41, 5.74) is 3.13. The maximum atomic E-state index is 10.4. The van der Waals surface area contributed by atoms with Gasteiger partial charge in [-0.1, -0.05) is 5.43 Å². The van der Waals surface area contributed by atoms with Crippen LogP contribution in [0.1, 0.15) is 6.92 Å². The van der Waals surface area contributed by atoms with E-state index >= 15 is 0 Å². The van der Waals surface area contributed by atoms with Crippen LogP contribution < -0.4 is 5.43 Å². The van der Waals surface area contributed by atoms with E-state index in [4.69, 9.17) is 0 Å². The number of nitrogens with zero attached hydrogens (tertiary/aromatic N) is 4. The van der Waals surface area contributed by atoms with Crippen molar-refractivity contribution >= 4 is 6.03 Å². The Hall–Kier alpha value is -1.13. The van der Waals surface area contributed by atoms with Crippen molar-refractivity contribution in [2.24, 2.45) is 10.4 Å². The highest BCUT2D eigenvalue weighted by Gasteiger charge is 2.16. The summed E-state index contributed by atoms with van der Waals surface area (Å²) in [5, 5.41) is 7.70. The third-order valence-corrected chi connectivity index (χ3v) is 0.799. The molecule has 1 rings (SSSR count). The van der Waals surface area contributed by atoms with Crippen LogP contribution in [0.5, 0.6) is 0 Å². The predicted octanol–water partition coefficient (Wildman–Crippen LogP) is 0.328. The van der Waals surface area contributed by atoms with E-state index in [0.717, 1.165) is 0 Å². The van der Waals surface area contributed by atoms with Crippen molar-refractivity contribution in [2.75, 3.05) is 6.54 Å². The van der Waals surface area contributed by atoms with E-state index in [9.17, 15) is 4.79 Å². The Balaban J connectivity index is 2.53.